The molecule has 0 bridgehead atoms. The summed E-state index contributed by atoms with van der Waals surface area (Å²) in [5, 5.41) is 0. The second kappa shape index (κ2) is 6.40. The van der Waals surface area contributed by atoms with Gasteiger partial charge in [0.25, 0.3) is 5.91 Å². The summed E-state index contributed by atoms with van der Waals surface area (Å²) in [6.45, 7) is -0.130. The van der Waals surface area contributed by atoms with Crippen LogP contribution in [0.25, 0.3) is 0 Å². The van der Waals surface area contributed by atoms with Crippen LogP contribution < -0.4 is 4.90 Å². The van der Waals surface area contributed by atoms with Crippen LogP contribution in [0.2, 0.25) is 0 Å². The van der Waals surface area contributed by atoms with E-state index in [0.717, 1.165) is 12.8 Å². The monoisotopic (exact) mass is 394 g/mol. The number of para-hydroxylation sites is 1. The number of esters is 1. The molecule has 7 heteroatoms. The number of halogens is 1. The summed E-state index contributed by atoms with van der Waals surface area (Å²) in [6.07, 6.45) is 1.91. The molecule has 0 N–H and O–H groups in total. The molecule has 1 saturated carbocycles. The number of nitrogens with zero attached hydrogens (tertiary/aromatic N) is 2. The minimum absolute atomic E-state index is 0.0917. The van der Waals surface area contributed by atoms with Gasteiger partial charge in [-0.2, -0.15) is 0 Å². The molecule has 148 valence electrons. The first-order valence-corrected chi connectivity index (χ1v) is 9.70. The molecule has 2 aromatic carbocycles. The van der Waals surface area contributed by atoms with Crippen molar-refractivity contribution in [3.63, 3.8) is 0 Å². The molecular formula is C22H19FN2O4. The molecule has 1 aliphatic carbocycles. The molecule has 2 aromatic rings. The number of fused-ring (bicyclic) bond motifs is 3. The lowest BCUT2D eigenvalue weighted by Crippen LogP contribution is -2.69. The summed E-state index contributed by atoms with van der Waals surface area (Å²) in [7, 11) is 0. The summed E-state index contributed by atoms with van der Waals surface area (Å²) < 4.78 is 19.0. The summed E-state index contributed by atoms with van der Waals surface area (Å²) in [5.74, 6) is -1.53. The Bertz CT molecular complexity index is 1030. The Hall–Kier alpha value is -3.22. The van der Waals surface area contributed by atoms with Gasteiger partial charge >= 0.3 is 5.97 Å². The second-order valence-electron chi connectivity index (χ2n) is 7.68. The topological polar surface area (TPSA) is 66.9 Å². The predicted molar refractivity (Wildman–Crippen MR) is 101 cm³/mol. The van der Waals surface area contributed by atoms with Gasteiger partial charge in [-0.3, -0.25) is 14.5 Å². The number of benzene rings is 2. The number of amides is 2. The van der Waals surface area contributed by atoms with Crippen molar-refractivity contribution in [2.24, 2.45) is 0 Å². The number of hydrogen-bond acceptors (Lipinski definition) is 4. The fourth-order valence-electron chi connectivity index (χ4n) is 4.40. The molecule has 3 aliphatic rings. The first kappa shape index (κ1) is 17.8. The van der Waals surface area contributed by atoms with Crippen molar-refractivity contribution < 1.29 is 23.5 Å². The maximum atomic E-state index is 13.5. The number of hydrogen-bond donors (Lipinski definition) is 0. The first-order valence-electron chi connectivity index (χ1n) is 9.70. The fourth-order valence-corrected chi connectivity index (χ4v) is 4.40. The number of anilines is 1. The maximum Gasteiger partial charge on any atom is 0.354 e. The van der Waals surface area contributed by atoms with Gasteiger partial charge in [0.2, 0.25) is 11.6 Å². The summed E-state index contributed by atoms with van der Waals surface area (Å²) >= 11 is 0. The van der Waals surface area contributed by atoms with E-state index in [1.807, 2.05) is 0 Å². The third-order valence-electron chi connectivity index (χ3n) is 5.80. The van der Waals surface area contributed by atoms with Gasteiger partial charge in [-0.05, 0) is 42.7 Å². The van der Waals surface area contributed by atoms with Gasteiger partial charge in [0.05, 0.1) is 11.3 Å². The van der Waals surface area contributed by atoms with Crippen molar-refractivity contribution in [2.45, 2.75) is 44.0 Å². The van der Waals surface area contributed by atoms with Crippen LogP contribution in [0.5, 0.6) is 0 Å². The molecule has 29 heavy (non-hydrogen) atoms. The lowest BCUT2D eigenvalue weighted by Gasteiger charge is -2.48. The number of rotatable bonds is 4. The largest absolute Gasteiger partial charge is 0.458 e. The van der Waals surface area contributed by atoms with Gasteiger partial charge in [0.15, 0.2) is 0 Å². The van der Waals surface area contributed by atoms with E-state index < -0.39 is 17.4 Å². The Balaban J connectivity index is 1.55. The Labute approximate surface area is 166 Å². The van der Waals surface area contributed by atoms with Crippen molar-refractivity contribution >= 4 is 23.5 Å². The van der Waals surface area contributed by atoms with E-state index in [2.05, 4.69) is 0 Å². The van der Waals surface area contributed by atoms with Crippen LogP contribution >= 0.6 is 0 Å². The molecule has 1 saturated heterocycles. The lowest BCUT2D eigenvalue weighted by molar-refractivity contribution is -0.159. The zero-order valence-electron chi connectivity index (χ0n) is 15.6. The zero-order valence-corrected chi connectivity index (χ0v) is 15.6. The minimum atomic E-state index is -1.48. The van der Waals surface area contributed by atoms with Crippen LogP contribution in [0.1, 0.15) is 41.6 Å². The van der Waals surface area contributed by atoms with Crippen molar-refractivity contribution in [2.75, 3.05) is 4.90 Å². The van der Waals surface area contributed by atoms with Gasteiger partial charge in [-0.25, -0.2) is 9.18 Å². The molecule has 2 heterocycles. The van der Waals surface area contributed by atoms with Crippen LogP contribution in [-0.2, 0) is 20.9 Å². The van der Waals surface area contributed by atoms with E-state index in [4.69, 9.17) is 4.74 Å². The quantitative estimate of drug-likeness (QED) is 0.748. The molecule has 2 amide bonds. The molecule has 6 nitrogen and oxygen atoms in total. The second-order valence-corrected chi connectivity index (χ2v) is 7.68. The standard InChI is InChI=1S/C22H19FN2O4/c23-15-5-3-4-14(12-15)13-29-21(28)22-11-10-19(26)25(22)18-7-2-1-6-17(18)20(27)24(22)16-8-9-16/h1-7,12,16H,8-11,13H2. The predicted octanol–water partition coefficient (Wildman–Crippen LogP) is 3.01. The minimum Gasteiger partial charge on any atom is -0.458 e. The normalized spacial score (nSPS) is 23.1. The van der Waals surface area contributed by atoms with Gasteiger partial charge < -0.3 is 9.64 Å². The smallest absolute Gasteiger partial charge is 0.354 e. The fraction of sp³-hybridized carbons (Fsp3) is 0.318. The lowest BCUT2D eigenvalue weighted by atomic mass is 9.96. The average molecular weight is 394 g/mol. The first-order chi connectivity index (χ1) is 14.0. The van der Waals surface area contributed by atoms with Crippen molar-refractivity contribution in [1.29, 1.82) is 0 Å². The van der Waals surface area contributed by atoms with E-state index in [0.29, 0.717) is 16.8 Å². The zero-order chi connectivity index (χ0) is 20.2. The highest BCUT2D eigenvalue weighted by molar-refractivity contribution is 6.15. The van der Waals surface area contributed by atoms with Crippen molar-refractivity contribution in [1.82, 2.24) is 4.90 Å². The molecule has 2 aliphatic heterocycles. The molecule has 5 rings (SSSR count). The summed E-state index contributed by atoms with van der Waals surface area (Å²) in [5.41, 5.74) is -0.106. The van der Waals surface area contributed by atoms with Crippen LogP contribution in [0.3, 0.4) is 0 Å². The summed E-state index contributed by atoms with van der Waals surface area (Å²) in [4.78, 5) is 42.5. The van der Waals surface area contributed by atoms with E-state index in [1.165, 1.54) is 17.0 Å². The van der Waals surface area contributed by atoms with Crippen LogP contribution in [0, 0.1) is 5.82 Å². The molecule has 0 spiro atoms. The summed E-state index contributed by atoms with van der Waals surface area (Å²) in [6, 6.07) is 12.6. The molecule has 1 atom stereocenters. The van der Waals surface area contributed by atoms with Crippen LogP contribution in [-0.4, -0.2) is 34.4 Å². The van der Waals surface area contributed by atoms with Crippen LogP contribution in [0.15, 0.2) is 48.5 Å². The number of carbonyl (C=O) groups excluding carboxylic acids is 3. The molecule has 0 radical (unpaired) electrons. The van der Waals surface area contributed by atoms with E-state index >= 15 is 0 Å². The average Bonchev–Trinajstić information content (AvgIpc) is 3.49. The van der Waals surface area contributed by atoms with E-state index in [9.17, 15) is 18.8 Å². The Morgan fingerprint density at radius 3 is 2.69 bits per heavy atom. The third-order valence-corrected chi connectivity index (χ3v) is 5.80. The Kier molecular flexibility index (Phi) is 3.94. The molecule has 2 fully saturated rings. The number of ether oxygens (including phenoxy) is 1. The van der Waals surface area contributed by atoms with E-state index in [1.54, 1.807) is 41.3 Å². The van der Waals surface area contributed by atoms with E-state index in [-0.39, 0.29) is 37.3 Å². The molecular weight excluding hydrogens is 375 g/mol. The third kappa shape index (κ3) is 2.64. The van der Waals surface area contributed by atoms with Gasteiger partial charge in [-0.15, -0.1) is 0 Å². The maximum absolute atomic E-state index is 13.5. The highest BCUT2D eigenvalue weighted by Crippen LogP contribution is 2.49. The van der Waals surface area contributed by atoms with Crippen LogP contribution in [0.4, 0.5) is 10.1 Å². The van der Waals surface area contributed by atoms with Gasteiger partial charge in [-0.1, -0.05) is 24.3 Å². The van der Waals surface area contributed by atoms with Gasteiger partial charge in [0, 0.05) is 18.9 Å². The highest BCUT2D eigenvalue weighted by atomic mass is 19.1. The molecule has 0 aromatic heterocycles. The van der Waals surface area contributed by atoms with Crippen molar-refractivity contribution in [3.8, 4) is 0 Å². The SMILES string of the molecule is O=C1CCC2(C(=O)OCc3cccc(F)c3)N1c1ccccc1C(=O)N2C1CC1. The van der Waals surface area contributed by atoms with Gasteiger partial charge in [0.1, 0.15) is 12.4 Å². The molecule has 1 unspecified atom stereocenters. The Morgan fingerprint density at radius 2 is 1.93 bits per heavy atom. The van der Waals surface area contributed by atoms with Crippen molar-refractivity contribution in [3.05, 3.63) is 65.5 Å². The number of carbonyl (C=O) groups is 3. The highest BCUT2D eigenvalue weighted by Gasteiger charge is 2.64. The Morgan fingerprint density at radius 1 is 1.14 bits per heavy atom.